The Morgan fingerprint density at radius 3 is 2.80 bits per heavy atom. The van der Waals surface area contributed by atoms with Gasteiger partial charge in [0.1, 0.15) is 11.4 Å². The van der Waals surface area contributed by atoms with Gasteiger partial charge in [-0.15, -0.1) is 0 Å². The van der Waals surface area contributed by atoms with E-state index < -0.39 is 5.60 Å². The van der Waals surface area contributed by atoms with E-state index in [1.807, 2.05) is 0 Å². The molecule has 0 heterocycles. The summed E-state index contributed by atoms with van der Waals surface area (Å²) in [6, 6.07) is 4.65. The molecule has 1 atom stereocenters. The second kappa shape index (κ2) is 5.17. The number of carbonyl (C=O) groups is 1. The molecular weight excluding hydrogens is 257 g/mol. The number of fused-ring (bicyclic) bond motifs is 1. The summed E-state index contributed by atoms with van der Waals surface area (Å²) in [5.74, 6) is -0.498. The minimum atomic E-state index is -1.20. The first kappa shape index (κ1) is 13.6. The third-order valence-electron chi connectivity index (χ3n) is 4.58. The van der Waals surface area contributed by atoms with E-state index in [-0.39, 0.29) is 17.8 Å². The molecule has 3 nitrogen and oxygen atoms in total. The largest absolute Gasteiger partial charge is 0.380 e. The first-order valence-corrected chi connectivity index (χ1v) is 7.40. The van der Waals surface area contributed by atoms with E-state index >= 15 is 0 Å². The van der Waals surface area contributed by atoms with Crippen LogP contribution in [0.25, 0.3) is 0 Å². The lowest BCUT2D eigenvalue weighted by atomic mass is 9.87. The summed E-state index contributed by atoms with van der Waals surface area (Å²) in [5.41, 5.74) is 0.769. The highest BCUT2D eigenvalue weighted by atomic mass is 19.1. The van der Waals surface area contributed by atoms with Gasteiger partial charge in [0.05, 0.1) is 6.04 Å². The molecule has 108 valence electrons. The summed E-state index contributed by atoms with van der Waals surface area (Å²) in [6.45, 7) is 0. The van der Waals surface area contributed by atoms with Gasteiger partial charge in [-0.05, 0) is 68.2 Å². The molecule has 2 N–H and O–H groups in total. The zero-order valence-corrected chi connectivity index (χ0v) is 11.5. The maximum Gasteiger partial charge on any atom is 0.252 e. The van der Waals surface area contributed by atoms with Crippen LogP contribution >= 0.6 is 0 Å². The third kappa shape index (κ3) is 2.44. The summed E-state index contributed by atoms with van der Waals surface area (Å²) in [5, 5.41) is 13.3. The van der Waals surface area contributed by atoms with Crippen LogP contribution < -0.4 is 5.32 Å². The fourth-order valence-electron chi connectivity index (χ4n) is 3.41. The van der Waals surface area contributed by atoms with Crippen molar-refractivity contribution in [2.24, 2.45) is 0 Å². The zero-order chi connectivity index (χ0) is 14.2. The first-order valence-electron chi connectivity index (χ1n) is 7.40. The molecule has 0 aliphatic heterocycles. The predicted octanol–water partition coefficient (Wildman–Crippen LogP) is 2.62. The third-order valence-corrected chi connectivity index (χ3v) is 4.58. The van der Waals surface area contributed by atoms with E-state index in [2.05, 4.69) is 5.32 Å². The van der Waals surface area contributed by atoms with Gasteiger partial charge < -0.3 is 10.4 Å². The smallest absolute Gasteiger partial charge is 0.252 e. The standard InChI is InChI=1S/C16H20FNO2/c17-12-6-7-13-11(10-12)4-3-5-14(13)18-15(19)16(20)8-1-2-9-16/h6-7,10,14,20H,1-5,8-9H2,(H,18,19). The summed E-state index contributed by atoms with van der Waals surface area (Å²) in [4.78, 5) is 12.3. The number of nitrogens with one attached hydrogen (secondary N) is 1. The Labute approximate surface area is 118 Å². The highest BCUT2D eigenvalue weighted by molar-refractivity contribution is 5.85. The maximum atomic E-state index is 13.3. The molecule has 1 aromatic rings. The lowest BCUT2D eigenvalue weighted by Gasteiger charge is -2.30. The average molecular weight is 277 g/mol. The fraction of sp³-hybridized carbons (Fsp3) is 0.562. The minimum absolute atomic E-state index is 0.100. The molecule has 0 spiro atoms. The Bertz CT molecular complexity index is 523. The van der Waals surface area contributed by atoms with Gasteiger partial charge in [0.15, 0.2) is 0 Å². The molecule has 0 radical (unpaired) electrons. The Hall–Kier alpha value is -1.42. The summed E-state index contributed by atoms with van der Waals surface area (Å²) in [7, 11) is 0. The van der Waals surface area contributed by atoms with Crippen molar-refractivity contribution in [1.82, 2.24) is 5.32 Å². The van der Waals surface area contributed by atoms with Crippen LogP contribution in [0.4, 0.5) is 4.39 Å². The Balaban J connectivity index is 1.78. The highest BCUT2D eigenvalue weighted by Crippen LogP contribution is 2.33. The second-order valence-corrected chi connectivity index (χ2v) is 6.00. The predicted molar refractivity (Wildman–Crippen MR) is 73.6 cm³/mol. The molecule has 1 amide bonds. The first-order chi connectivity index (χ1) is 9.58. The van der Waals surface area contributed by atoms with E-state index in [0.717, 1.165) is 43.2 Å². The number of rotatable bonds is 2. The van der Waals surface area contributed by atoms with Crippen LogP contribution in [0.2, 0.25) is 0 Å². The van der Waals surface area contributed by atoms with Crippen molar-refractivity contribution >= 4 is 5.91 Å². The number of aryl methyl sites for hydroxylation is 1. The number of halogens is 1. The molecule has 2 aliphatic rings. The number of amides is 1. The van der Waals surface area contributed by atoms with E-state index in [4.69, 9.17) is 0 Å². The number of hydrogen-bond acceptors (Lipinski definition) is 2. The van der Waals surface area contributed by atoms with Gasteiger partial charge in [-0.3, -0.25) is 4.79 Å². The number of aliphatic hydroxyl groups is 1. The number of carbonyl (C=O) groups excluding carboxylic acids is 1. The number of hydrogen-bond donors (Lipinski definition) is 2. The molecule has 4 heteroatoms. The Morgan fingerprint density at radius 2 is 2.05 bits per heavy atom. The van der Waals surface area contributed by atoms with Gasteiger partial charge in [0.25, 0.3) is 5.91 Å². The van der Waals surface area contributed by atoms with Crippen molar-refractivity contribution in [1.29, 1.82) is 0 Å². The van der Waals surface area contributed by atoms with E-state index in [1.54, 1.807) is 12.1 Å². The topological polar surface area (TPSA) is 49.3 Å². The van der Waals surface area contributed by atoms with Crippen LogP contribution in [-0.4, -0.2) is 16.6 Å². The van der Waals surface area contributed by atoms with Gasteiger partial charge in [0.2, 0.25) is 0 Å². The molecule has 0 saturated heterocycles. The average Bonchev–Trinajstić information content (AvgIpc) is 2.87. The maximum absolute atomic E-state index is 13.3. The van der Waals surface area contributed by atoms with E-state index in [0.29, 0.717) is 12.8 Å². The molecule has 0 bridgehead atoms. The van der Waals surface area contributed by atoms with Crippen LogP contribution in [0.1, 0.15) is 55.7 Å². The molecule has 1 saturated carbocycles. The lowest BCUT2D eigenvalue weighted by molar-refractivity contribution is -0.140. The van der Waals surface area contributed by atoms with Crippen LogP contribution in [0.5, 0.6) is 0 Å². The van der Waals surface area contributed by atoms with Crippen LogP contribution in [0.15, 0.2) is 18.2 Å². The van der Waals surface area contributed by atoms with E-state index in [1.165, 1.54) is 6.07 Å². The van der Waals surface area contributed by atoms with Gasteiger partial charge in [-0.2, -0.15) is 0 Å². The highest BCUT2D eigenvalue weighted by Gasteiger charge is 2.40. The molecule has 1 fully saturated rings. The minimum Gasteiger partial charge on any atom is -0.380 e. The molecule has 3 rings (SSSR count). The van der Waals surface area contributed by atoms with E-state index in [9.17, 15) is 14.3 Å². The molecule has 20 heavy (non-hydrogen) atoms. The quantitative estimate of drug-likeness (QED) is 0.873. The molecule has 0 aromatic heterocycles. The summed E-state index contributed by atoms with van der Waals surface area (Å²) in [6.07, 6.45) is 5.51. The zero-order valence-electron chi connectivity index (χ0n) is 11.5. The normalized spacial score (nSPS) is 24.2. The van der Waals surface area contributed by atoms with Gasteiger partial charge >= 0.3 is 0 Å². The molecule has 2 aliphatic carbocycles. The lowest BCUT2D eigenvalue weighted by Crippen LogP contribution is -2.46. The van der Waals surface area contributed by atoms with Crippen molar-refractivity contribution in [3.8, 4) is 0 Å². The van der Waals surface area contributed by atoms with Crippen molar-refractivity contribution in [2.45, 2.75) is 56.6 Å². The van der Waals surface area contributed by atoms with Crippen LogP contribution in [-0.2, 0) is 11.2 Å². The Morgan fingerprint density at radius 1 is 1.30 bits per heavy atom. The van der Waals surface area contributed by atoms with Crippen molar-refractivity contribution in [2.75, 3.05) is 0 Å². The van der Waals surface area contributed by atoms with Crippen molar-refractivity contribution < 1.29 is 14.3 Å². The SMILES string of the molecule is O=C(NC1CCCc2cc(F)ccc21)C1(O)CCCC1. The molecule has 1 unspecified atom stereocenters. The Kier molecular flexibility index (Phi) is 3.50. The second-order valence-electron chi connectivity index (χ2n) is 6.00. The fourth-order valence-corrected chi connectivity index (χ4v) is 3.41. The summed E-state index contributed by atoms with van der Waals surface area (Å²) >= 11 is 0. The van der Waals surface area contributed by atoms with Crippen LogP contribution in [0, 0.1) is 5.82 Å². The molecular formula is C16H20FNO2. The molecule has 1 aromatic carbocycles. The van der Waals surface area contributed by atoms with Crippen molar-refractivity contribution in [3.63, 3.8) is 0 Å². The summed E-state index contributed by atoms with van der Waals surface area (Å²) < 4.78 is 13.3. The van der Waals surface area contributed by atoms with Gasteiger partial charge in [-0.25, -0.2) is 4.39 Å². The van der Waals surface area contributed by atoms with Gasteiger partial charge in [-0.1, -0.05) is 6.07 Å². The van der Waals surface area contributed by atoms with Crippen molar-refractivity contribution in [3.05, 3.63) is 35.1 Å². The van der Waals surface area contributed by atoms with Gasteiger partial charge in [0, 0.05) is 0 Å². The monoisotopic (exact) mass is 277 g/mol. The van der Waals surface area contributed by atoms with Crippen LogP contribution in [0.3, 0.4) is 0 Å². The number of benzene rings is 1.